The third-order valence-electron chi connectivity index (χ3n) is 1.85. The van der Waals surface area contributed by atoms with Gasteiger partial charge in [-0.1, -0.05) is 13.8 Å². The number of imide groups is 1. The first kappa shape index (κ1) is 9.98. The molecule has 5 heteroatoms. The number of nitrogens with zero attached hydrogens (tertiary/aromatic N) is 1. The molecule has 1 unspecified atom stereocenters. The summed E-state index contributed by atoms with van der Waals surface area (Å²) < 4.78 is 0. The highest BCUT2D eigenvalue weighted by Crippen LogP contribution is 2.02. The van der Waals surface area contributed by atoms with Gasteiger partial charge in [0.25, 0.3) is 5.91 Å². The minimum Gasteiger partial charge on any atom is -0.314 e. The van der Waals surface area contributed by atoms with Crippen LogP contribution in [0.4, 0.5) is 4.79 Å². The second-order valence-corrected chi connectivity index (χ2v) is 3.70. The molecule has 5 nitrogen and oxygen atoms in total. The molecule has 1 fully saturated rings. The summed E-state index contributed by atoms with van der Waals surface area (Å²) >= 11 is 0. The number of likely N-dealkylation sites (N-methyl/N-ethyl adjacent to an activating group) is 1. The van der Waals surface area contributed by atoms with Crippen molar-refractivity contribution in [3.05, 3.63) is 0 Å². The maximum atomic E-state index is 11.2. The Bertz CT molecular complexity index is 227. The van der Waals surface area contributed by atoms with E-state index < -0.39 is 12.2 Å². The van der Waals surface area contributed by atoms with E-state index in [0.29, 0.717) is 5.92 Å². The van der Waals surface area contributed by atoms with E-state index in [2.05, 4.69) is 24.5 Å². The molecule has 1 rings (SSSR count). The van der Waals surface area contributed by atoms with Crippen LogP contribution < -0.4 is 10.6 Å². The Kier molecular flexibility index (Phi) is 2.87. The minimum atomic E-state index is -0.505. The summed E-state index contributed by atoms with van der Waals surface area (Å²) in [5, 5.41) is 4.73. The first-order chi connectivity index (χ1) is 6.00. The third kappa shape index (κ3) is 2.42. The Morgan fingerprint density at radius 1 is 1.46 bits per heavy atom. The second kappa shape index (κ2) is 3.74. The molecule has 0 radical (unpaired) electrons. The van der Waals surface area contributed by atoms with Gasteiger partial charge < -0.3 is 5.32 Å². The SMILES string of the molecule is CC(C)CN(C)C1NC(=O)NC1=O. The van der Waals surface area contributed by atoms with Crippen molar-refractivity contribution in [2.45, 2.75) is 20.0 Å². The van der Waals surface area contributed by atoms with Gasteiger partial charge in [0.1, 0.15) is 0 Å². The summed E-state index contributed by atoms with van der Waals surface area (Å²) in [4.78, 5) is 23.8. The summed E-state index contributed by atoms with van der Waals surface area (Å²) in [6.45, 7) is 4.90. The molecule has 0 spiro atoms. The van der Waals surface area contributed by atoms with Crippen LogP contribution in [-0.2, 0) is 4.79 Å². The largest absolute Gasteiger partial charge is 0.323 e. The molecule has 1 aliphatic rings. The predicted octanol–water partition coefficient (Wildman–Crippen LogP) is -0.260. The molecule has 0 bridgehead atoms. The fourth-order valence-electron chi connectivity index (χ4n) is 1.40. The lowest BCUT2D eigenvalue weighted by molar-refractivity contribution is -0.123. The van der Waals surface area contributed by atoms with Gasteiger partial charge in [0.2, 0.25) is 0 Å². The van der Waals surface area contributed by atoms with Crippen LogP contribution in [0.1, 0.15) is 13.8 Å². The third-order valence-corrected chi connectivity index (χ3v) is 1.85. The van der Waals surface area contributed by atoms with Crippen molar-refractivity contribution < 1.29 is 9.59 Å². The summed E-state index contributed by atoms with van der Waals surface area (Å²) in [6.07, 6.45) is -0.505. The van der Waals surface area contributed by atoms with E-state index in [9.17, 15) is 9.59 Å². The number of hydrogen-bond acceptors (Lipinski definition) is 3. The normalized spacial score (nSPS) is 22.4. The van der Waals surface area contributed by atoms with Crippen molar-refractivity contribution in [1.29, 1.82) is 0 Å². The van der Waals surface area contributed by atoms with E-state index in [1.807, 2.05) is 11.9 Å². The molecule has 3 amide bonds. The highest BCUT2D eigenvalue weighted by molar-refractivity contribution is 6.03. The molecular weight excluding hydrogens is 170 g/mol. The molecule has 1 saturated heterocycles. The summed E-state index contributed by atoms with van der Waals surface area (Å²) in [5.74, 6) is 0.198. The van der Waals surface area contributed by atoms with Crippen LogP contribution in [0.2, 0.25) is 0 Å². The molecular formula is C8H15N3O2. The summed E-state index contributed by atoms with van der Waals surface area (Å²) in [6, 6.07) is -0.411. The smallest absolute Gasteiger partial charge is 0.314 e. The highest BCUT2D eigenvalue weighted by Gasteiger charge is 2.32. The molecule has 2 N–H and O–H groups in total. The van der Waals surface area contributed by atoms with Gasteiger partial charge in [0.05, 0.1) is 0 Å². The molecule has 1 aliphatic heterocycles. The Morgan fingerprint density at radius 2 is 2.08 bits per heavy atom. The van der Waals surface area contributed by atoms with E-state index in [1.165, 1.54) is 0 Å². The fraction of sp³-hybridized carbons (Fsp3) is 0.750. The van der Waals surface area contributed by atoms with Crippen LogP contribution in [0, 0.1) is 5.92 Å². The van der Waals surface area contributed by atoms with Crippen LogP contribution in [0.3, 0.4) is 0 Å². The Balaban J connectivity index is 2.52. The van der Waals surface area contributed by atoms with Gasteiger partial charge in [-0.15, -0.1) is 0 Å². The maximum Gasteiger partial charge on any atom is 0.323 e. The van der Waals surface area contributed by atoms with Gasteiger partial charge in [-0.3, -0.25) is 15.0 Å². The standard InChI is InChI=1S/C8H15N3O2/c1-5(2)4-11(3)6-7(12)10-8(13)9-6/h5-6H,4H2,1-3H3,(H2,9,10,12,13). The van der Waals surface area contributed by atoms with Crippen LogP contribution in [-0.4, -0.2) is 36.6 Å². The second-order valence-electron chi connectivity index (χ2n) is 3.70. The molecule has 74 valence electrons. The number of hydrogen-bond donors (Lipinski definition) is 2. The zero-order chi connectivity index (χ0) is 10.0. The fourth-order valence-corrected chi connectivity index (χ4v) is 1.40. The number of nitrogens with one attached hydrogen (secondary N) is 2. The molecule has 0 aliphatic carbocycles. The molecule has 0 aromatic carbocycles. The number of carbonyl (C=O) groups is 2. The van der Waals surface area contributed by atoms with Crippen molar-refractivity contribution in [3.63, 3.8) is 0 Å². The molecule has 13 heavy (non-hydrogen) atoms. The van der Waals surface area contributed by atoms with Crippen molar-refractivity contribution in [3.8, 4) is 0 Å². The van der Waals surface area contributed by atoms with Crippen molar-refractivity contribution in [2.75, 3.05) is 13.6 Å². The summed E-state index contributed by atoms with van der Waals surface area (Å²) in [7, 11) is 1.82. The first-order valence-electron chi connectivity index (χ1n) is 4.32. The predicted molar refractivity (Wildman–Crippen MR) is 47.9 cm³/mol. The Labute approximate surface area is 77.5 Å². The lowest BCUT2D eigenvalue weighted by Crippen LogP contribution is -2.45. The van der Waals surface area contributed by atoms with E-state index in [0.717, 1.165) is 6.54 Å². The highest BCUT2D eigenvalue weighted by atomic mass is 16.2. The van der Waals surface area contributed by atoms with Gasteiger partial charge in [-0.2, -0.15) is 0 Å². The zero-order valence-corrected chi connectivity index (χ0v) is 8.13. The van der Waals surface area contributed by atoms with Gasteiger partial charge in [-0.25, -0.2) is 4.79 Å². The molecule has 0 aromatic rings. The van der Waals surface area contributed by atoms with Crippen molar-refractivity contribution in [2.24, 2.45) is 5.92 Å². The monoisotopic (exact) mass is 185 g/mol. The van der Waals surface area contributed by atoms with Gasteiger partial charge in [0.15, 0.2) is 6.17 Å². The molecule has 0 aromatic heterocycles. The van der Waals surface area contributed by atoms with E-state index >= 15 is 0 Å². The topological polar surface area (TPSA) is 61.4 Å². The van der Waals surface area contributed by atoms with Crippen molar-refractivity contribution >= 4 is 11.9 Å². The van der Waals surface area contributed by atoms with E-state index in [1.54, 1.807) is 0 Å². The zero-order valence-electron chi connectivity index (χ0n) is 8.13. The minimum absolute atomic E-state index is 0.270. The van der Waals surface area contributed by atoms with E-state index in [-0.39, 0.29) is 5.91 Å². The van der Waals surface area contributed by atoms with Gasteiger partial charge in [0, 0.05) is 6.54 Å². The summed E-state index contributed by atoms with van der Waals surface area (Å²) in [5.41, 5.74) is 0. The molecule has 0 saturated carbocycles. The van der Waals surface area contributed by atoms with Crippen LogP contribution in [0.15, 0.2) is 0 Å². The van der Waals surface area contributed by atoms with Crippen LogP contribution in [0.25, 0.3) is 0 Å². The number of rotatable bonds is 3. The lowest BCUT2D eigenvalue weighted by atomic mass is 10.2. The average molecular weight is 185 g/mol. The Morgan fingerprint density at radius 3 is 2.46 bits per heavy atom. The van der Waals surface area contributed by atoms with E-state index in [4.69, 9.17) is 0 Å². The quantitative estimate of drug-likeness (QED) is 0.595. The maximum absolute atomic E-state index is 11.2. The van der Waals surface area contributed by atoms with Crippen LogP contribution >= 0.6 is 0 Å². The number of urea groups is 1. The van der Waals surface area contributed by atoms with Crippen molar-refractivity contribution in [1.82, 2.24) is 15.5 Å². The average Bonchev–Trinajstić information content (AvgIpc) is 2.28. The number of amides is 3. The first-order valence-corrected chi connectivity index (χ1v) is 4.32. The van der Waals surface area contributed by atoms with Gasteiger partial charge in [-0.05, 0) is 13.0 Å². The Hall–Kier alpha value is -1.10. The van der Waals surface area contributed by atoms with Gasteiger partial charge >= 0.3 is 6.03 Å². The molecule has 1 atom stereocenters. The molecule has 1 heterocycles. The lowest BCUT2D eigenvalue weighted by Gasteiger charge is -2.23. The number of carbonyl (C=O) groups excluding carboxylic acids is 2. The van der Waals surface area contributed by atoms with Crippen LogP contribution in [0.5, 0.6) is 0 Å².